The van der Waals surface area contributed by atoms with Gasteiger partial charge in [0.2, 0.25) is 0 Å². The van der Waals surface area contributed by atoms with Crippen LogP contribution in [0.15, 0.2) is 54.6 Å². The molecule has 0 radical (unpaired) electrons. The highest BCUT2D eigenvalue weighted by Crippen LogP contribution is 2.30. The molecule has 0 saturated carbocycles. The Morgan fingerprint density at radius 3 is 2.35 bits per heavy atom. The van der Waals surface area contributed by atoms with E-state index in [0.29, 0.717) is 6.04 Å². The van der Waals surface area contributed by atoms with Gasteiger partial charge in [0.15, 0.2) is 0 Å². The summed E-state index contributed by atoms with van der Waals surface area (Å²) < 4.78 is 6.03. The highest BCUT2D eigenvalue weighted by atomic mass is 35.5. The van der Waals surface area contributed by atoms with Gasteiger partial charge in [0.25, 0.3) is 0 Å². The fourth-order valence-corrected chi connectivity index (χ4v) is 3.36. The molecule has 1 heterocycles. The normalized spacial score (nSPS) is 15.4. The van der Waals surface area contributed by atoms with Gasteiger partial charge in [0, 0.05) is 32.2 Å². The van der Waals surface area contributed by atoms with Gasteiger partial charge < -0.3 is 10.1 Å². The van der Waals surface area contributed by atoms with Crippen LogP contribution < -0.4 is 10.1 Å². The van der Waals surface area contributed by atoms with Crippen LogP contribution in [0, 0.1) is 0 Å². The SMILES string of the molecule is CCCC[C@H](c1cccc(Oc2ccccc2)c1)N1CCNCC1.Cl.Cl. The predicted molar refractivity (Wildman–Crippen MR) is 114 cm³/mol. The second kappa shape index (κ2) is 12.2. The smallest absolute Gasteiger partial charge is 0.127 e. The van der Waals surface area contributed by atoms with E-state index in [1.54, 1.807) is 0 Å². The number of piperazine rings is 1. The third-order valence-electron chi connectivity index (χ3n) is 4.65. The van der Waals surface area contributed by atoms with Crippen LogP contribution in [0.25, 0.3) is 0 Å². The fourth-order valence-electron chi connectivity index (χ4n) is 3.36. The zero-order valence-corrected chi connectivity index (χ0v) is 17.0. The molecule has 1 atom stereocenters. The lowest BCUT2D eigenvalue weighted by Crippen LogP contribution is -2.45. The van der Waals surface area contributed by atoms with Crippen LogP contribution in [0.3, 0.4) is 0 Å². The minimum atomic E-state index is 0. The van der Waals surface area contributed by atoms with Crippen LogP contribution in [0.2, 0.25) is 0 Å². The molecule has 2 aromatic carbocycles. The second-order valence-corrected chi connectivity index (χ2v) is 6.43. The molecule has 1 aliphatic heterocycles. The fraction of sp³-hybridized carbons (Fsp3) is 0.429. The minimum Gasteiger partial charge on any atom is -0.457 e. The maximum absolute atomic E-state index is 6.03. The Morgan fingerprint density at radius 2 is 1.65 bits per heavy atom. The summed E-state index contributed by atoms with van der Waals surface area (Å²) >= 11 is 0. The van der Waals surface area contributed by atoms with E-state index in [-0.39, 0.29) is 24.8 Å². The van der Waals surface area contributed by atoms with Gasteiger partial charge in [0.05, 0.1) is 0 Å². The summed E-state index contributed by atoms with van der Waals surface area (Å²) in [6.45, 7) is 6.69. The van der Waals surface area contributed by atoms with Crippen LogP contribution in [0.5, 0.6) is 11.5 Å². The van der Waals surface area contributed by atoms with Gasteiger partial charge in [-0.1, -0.05) is 50.1 Å². The van der Waals surface area contributed by atoms with Crippen molar-refractivity contribution >= 4 is 24.8 Å². The Labute approximate surface area is 169 Å². The molecule has 1 aliphatic rings. The largest absolute Gasteiger partial charge is 0.457 e. The van der Waals surface area contributed by atoms with Crippen LogP contribution in [-0.2, 0) is 0 Å². The minimum absolute atomic E-state index is 0. The van der Waals surface area contributed by atoms with Gasteiger partial charge in [-0.05, 0) is 36.2 Å². The van der Waals surface area contributed by atoms with Gasteiger partial charge in [-0.15, -0.1) is 24.8 Å². The Kier molecular flexibility index (Phi) is 10.7. The first kappa shape index (κ1) is 22.8. The average molecular weight is 397 g/mol. The summed E-state index contributed by atoms with van der Waals surface area (Å²) in [5, 5.41) is 3.45. The average Bonchev–Trinajstić information content (AvgIpc) is 2.64. The number of ether oxygens (including phenoxy) is 1. The van der Waals surface area contributed by atoms with Crippen LogP contribution in [0.1, 0.15) is 37.8 Å². The molecule has 1 N–H and O–H groups in total. The van der Waals surface area contributed by atoms with Crippen LogP contribution in [-0.4, -0.2) is 31.1 Å². The molecule has 0 amide bonds. The van der Waals surface area contributed by atoms with E-state index in [4.69, 9.17) is 4.74 Å². The molecule has 0 aliphatic carbocycles. The van der Waals surface area contributed by atoms with Crippen molar-refractivity contribution in [3.8, 4) is 11.5 Å². The standard InChI is InChI=1S/C21H28N2O.2ClH/c1-2-3-12-21(23-15-13-22-14-16-23)18-8-7-11-20(17-18)24-19-9-5-4-6-10-19;;/h4-11,17,21-22H,2-3,12-16H2,1H3;2*1H/t21-;;/m1../s1. The van der Waals surface area contributed by atoms with Crippen LogP contribution >= 0.6 is 24.8 Å². The molecule has 1 fully saturated rings. The van der Waals surface area contributed by atoms with Crippen LogP contribution in [0.4, 0.5) is 0 Å². The van der Waals surface area contributed by atoms with Crippen molar-refractivity contribution in [1.29, 1.82) is 0 Å². The molecule has 1 saturated heterocycles. The van der Waals surface area contributed by atoms with E-state index in [9.17, 15) is 0 Å². The zero-order valence-electron chi connectivity index (χ0n) is 15.4. The topological polar surface area (TPSA) is 24.5 Å². The lowest BCUT2D eigenvalue weighted by atomic mass is 9.98. The first-order chi connectivity index (χ1) is 11.9. The molecule has 0 bridgehead atoms. The number of nitrogens with zero attached hydrogens (tertiary/aromatic N) is 1. The molecular formula is C21H30Cl2N2O. The molecule has 3 rings (SSSR count). The molecule has 144 valence electrons. The van der Waals surface area contributed by atoms with Crippen molar-refractivity contribution < 1.29 is 4.74 Å². The second-order valence-electron chi connectivity index (χ2n) is 6.43. The maximum atomic E-state index is 6.03. The van der Waals surface area contributed by atoms with E-state index in [0.717, 1.165) is 37.7 Å². The van der Waals surface area contributed by atoms with E-state index in [1.165, 1.54) is 24.8 Å². The number of hydrogen-bond donors (Lipinski definition) is 1. The molecular weight excluding hydrogens is 367 g/mol. The monoisotopic (exact) mass is 396 g/mol. The summed E-state index contributed by atoms with van der Waals surface area (Å²) in [5.74, 6) is 1.82. The molecule has 5 heteroatoms. The highest BCUT2D eigenvalue weighted by Gasteiger charge is 2.22. The van der Waals surface area contributed by atoms with Crippen molar-refractivity contribution in [2.75, 3.05) is 26.2 Å². The number of nitrogens with one attached hydrogen (secondary N) is 1. The van der Waals surface area contributed by atoms with Gasteiger partial charge in [-0.3, -0.25) is 4.90 Å². The maximum Gasteiger partial charge on any atom is 0.127 e. The lowest BCUT2D eigenvalue weighted by molar-refractivity contribution is 0.163. The number of benzene rings is 2. The van der Waals surface area contributed by atoms with E-state index < -0.39 is 0 Å². The van der Waals surface area contributed by atoms with E-state index >= 15 is 0 Å². The third kappa shape index (κ3) is 6.48. The lowest BCUT2D eigenvalue weighted by Gasteiger charge is -2.35. The Balaban J connectivity index is 0.00000169. The van der Waals surface area contributed by atoms with Gasteiger partial charge in [-0.25, -0.2) is 0 Å². The summed E-state index contributed by atoms with van der Waals surface area (Å²) in [5.41, 5.74) is 1.37. The molecule has 0 unspecified atom stereocenters. The molecule has 2 aromatic rings. The van der Waals surface area contributed by atoms with Crippen molar-refractivity contribution in [2.45, 2.75) is 32.2 Å². The summed E-state index contributed by atoms with van der Waals surface area (Å²) in [6.07, 6.45) is 3.71. The van der Waals surface area contributed by atoms with Crippen molar-refractivity contribution in [3.05, 3.63) is 60.2 Å². The highest BCUT2D eigenvalue weighted by molar-refractivity contribution is 5.85. The zero-order chi connectivity index (χ0) is 16.6. The quantitative estimate of drug-likeness (QED) is 0.672. The summed E-state index contributed by atoms with van der Waals surface area (Å²) in [7, 11) is 0. The summed E-state index contributed by atoms with van der Waals surface area (Å²) in [4.78, 5) is 2.62. The van der Waals surface area contributed by atoms with Gasteiger partial charge in [-0.2, -0.15) is 0 Å². The van der Waals surface area contributed by atoms with E-state index in [2.05, 4.69) is 35.3 Å². The van der Waals surface area contributed by atoms with Crippen molar-refractivity contribution in [3.63, 3.8) is 0 Å². The first-order valence-electron chi connectivity index (χ1n) is 9.14. The third-order valence-corrected chi connectivity index (χ3v) is 4.65. The number of unbranched alkanes of at least 4 members (excludes halogenated alkanes) is 1. The Bertz CT molecular complexity index is 618. The number of rotatable bonds is 7. The number of hydrogen-bond acceptors (Lipinski definition) is 3. The Morgan fingerprint density at radius 1 is 0.962 bits per heavy atom. The molecule has 0 spiro atoms. The predicted octanol–water partition coefficient (Wildman–Crippen LogP) is 5.46. The molecule has 3 nitrogen and oxygen atoms in total. The van der Waals surface area contributed by atoms with Crippen molar-refractivity contribution in [2.24, 2.45) is 0 Å². The van der Waals surface area contributed by atoms with Gasteiger partial charge >= 0.3 is 0 Å². The van der Waals surface area contributed by atoms with Gasteiger partial charge in [0.1, 0.15) is 11.5 Å². The molecule has 26 heavy (non-hydrogen) atoms. The number of halogens is 2. The molecule has 0 aromatic heterocycles. The number of para-hydroxylation sites is 1. The van der Waals surface area contributed by atoms with E-state index in [1.807, 2.05) is 36.4 Å². The van der Waals surface area contributed by atoms with Crippen molar-refractivity contribution in [1.82, 2.24) is 10.2 Å². The first-order valence-corrected chi connectivity index (χ1v) is 9.14. The summed E-state index contributed by atoms with van der Waals surface area (Å²) in [6, 6.07) is 19.1. The Hall–Kier alpha value is -1.26.